The molecule has 0 bridgehead atoms. The van der Waals surface area contributed by atoms with Gasteiger partial charge in [0.1, 0.15) is 5.82 Å². The Morgan fingerprint density at radius 1 is 1.40 bits per heavy atom. The van der Waals surface area contributed by atoms with E-state index in [2.05, 4.69) is 15.6 Å². The Kier molecular flexibility index (Phi) is 3.83. The number of nitrogens with one attached hydrogen (secondary N) is 2. The number of rotatable bonds is 6. The number of anilines is 1. The first-order valence-electron chi connectivity index (χ1n) is 7.39. The molecule has 108 valence electrons. The van der Waals surface area contributed by atoms with Crippen LogP contribution in [0, 0.1) is 11.8 Å². The largest absolute Gasteiger partial charge is 0.369 e. The number of carbonyl (C=O) groups excluding carboxylic acids is 1. The second kappa shape index (κ2) is 5.60. The maximum Gasteiger partial charge on any atom is 0.253 e. The first-order chi connectivity index (χ1) is 9.69. The average Bonchev–Trinajstić information content (AvgIpc) is 3.29. The van der Waals surface area contributed by atoms with Crippen LogP contribution >= 0.6 is 11.6 Å². The Labute approximate surface area is 124 Å². The molecule has 1 amide bonds. The van der Waals surface area contributed by atoms with Crippen LogP contribution in [0.4, 0.5) is 5.82 Å². The van der Waals surface area contributed by atoms with Gasteiger partial charge >= 0.3 is 0 Å². The summed E-state index contributed by atoms with van der Waals surface area (Å²) in [4.78, 5) is 16.5. The van der Waals surface area contributed by atoms with Gasteiger partial charge in [-0.1, -0.05) is 11.6 Å². The van der Waals surface area contributed by atoms with Crippen molar-refractivity contribution in [3.8, 4) is 0 Å². The van der Waals surface area contributed by atoms with Gasteiger partial charge in [-0.05, 0) is 50.5 Å². The minimum atomic E-state index is -0.0498. The van der Waals surface area contributed by atoms with Gasteiger partial charge in [-0.15, -0.1) is 0 Å². The Bertz CT molecular complexity index is 500. The number of amides is 1. The van der Waals surface area contributed by atoms with Crippen molar-refractivity contribution in [2.75, 3.05) is 11.9 Å². The van der Waals surface area contributed by atoms with Crippen molar-refractivity contribution >= 4 is 23.3 Å². The van der Waals surface area contributed by atoms with Crippen molar-refractivity contribution in [2.24, 2.45) is 11.8 Å². The molecule has 2 fully saturated rings. The fourth-order valence-electron chi connectivity index (χ4n) is 2.63. The zero-order valence-corrected chi connectivity index (χ0v) is 12.4. The van der Waals surface area contributed by atoms with E-state index in [1.165, 1.54) is 25.7 Å². The number of aromatic nitrogens is 1. The second-order valence-electron chi connectivity index (χ2n) is 5.76. The zero-order chi connectivity index (χ0) is 14.1. The molecule has 2 N–H and O–H groups in total. The van der Waals surface area contributed by atoms with Crippen molar-refractivity contribution in [3.63, 3.8) is 0 Å². The average molecular weight is 294 g/mol. The number of halogens is 1. The lowest BCUT2D eigenvalue weighted by Gasteiger charge is -2.17. The van der Waals surface area contributed by atoms with Crippen LogP contribution in [0.3, 0.4) is 0 Å². The van der Waals surface area contributed by atoms with Crippen molar-refractivity contribution in [3.05, 3.63) is 22.8 Å². The summed E-state index contributed by atoms with van der Waals surface area (Å²) in [6.45, 7) is 2.73. The van der Waals surface area contributed by atoms with E-state index in [0.717, 1.165) is 6.54 Å². The molecule has 1 aromatic rings. The highest BCUT2D eigenvalue weighted by molar-refractivity contribution is 6.33. The molecule has 0 aromatic carbocycles. The minimum absolute atomic E-state index is 0.0498. The summed E-state index contributed by atoms with van der Waals surface area (Å²) in [6, 6.07) is 2.05. The number of hydrogen-bond acceptors (Lipinski definition) is 3. The third kappa shape index (κ3) is 3.06. The summed E-state index contributed by atoms with van der Waals surface area (Å²) in [5, 5.41) is 6.74. The zero-order valence-electron chi connectivity index (χ0n) is 11.7. The summed E-state index contributed by atoms with van der Waals surface area (Å²) in [5.74, 6) is 1.96. The molecule has 1 heterocycles. The molecule has 2 saturated carbocycles. The van der Waals surface area contributed by atoms with E-state index in [4.69, 9.17) is 11.6 Å². The van der Waals surface area contributed by atoms with Crippen molar-refractivity contribution < 1.29 is 4.79 Å². The molecular formula is C15H20ClN3O. The van der Waals surface area contributed by atoms with Gasteiger partial charge in [0.15, 0.2) is 0 Å². The molecule has 5 heteroatoms. The van der Waals surface area contributed by atoms with Crippen molar-refractivity contribution in [2.45, 2.75) is 38.6 Å². The third-order valence-electron chi connectivity index (χ3n) is 4.01. The van der Waals surface area contributed by atoms with E-state index in [9.17, 15) is 4.79 Å². The molecular weight excluding hydrogens is 274 g/mol. The van der Waals surface area contributed by atoms with Gasteiger partial charge in [0, 0.05) is 18.8 Å². The van der Waals surface area contributed by atoms with Gasteiger partial charge in [0.25, 0.3) is 5.91 Å². The number of hydrogen-bond donors (Lipinski definition) is 2. The molecule has 0 atom stereocenters. The summed E-state index contributed by atoms with van der Waals surface area (Å²) < 4.78 is 0. The van der Waals surface area contributed by atoms with E-state index < -0.39 is 0 Å². The smallest absolute Gasteiger partial charge is 0.253 e. The maximum atomic E-state index is 12.3. The second-order valence-corrected chi connectivity index (χ2v) is 6.17. The molecule has 3 rings (SSSR count). The van der Waals surface area contributed by atoms with Crippen LogP contribution < -0.4 is 10.6 Å². The molecule has 0 saturated heterocycles. The van der Waals surface area contributed by atoms with Crippen LogP contribution in [0.2, 0.25) is 5.02 Å². The minimum Gasteiger partial charge on any atom is -0.369 e. The normalized spacial score (nSPS) is 18.1. The fourth-order valence-corrected chi connectivity index (χ4v) is 2.86. The van der Waals surface area contributed by atoms with E-state index >= 15 is 0 Å². The SMILES string of the molecule is CCNc1ncc(C(=O)NC(C2CC2)C2CC2)cc1Cl. The summed E-state index contributed by atoms with van der Waals surface area (Å²) >= 11 is 6.13. The highest BCUT2D eigenvalue weighted by atomic mass is 35.5. The van der Waals surface area contributed by atoms with Crippen LogP contribution in [0.1, 0.15) is 43.0 Å². The first-order valence-corrected chi connectivity index (χ1v) is 7.77. The molecule has 1 aromatic heterocycles. The standard InChI is InChI=1S/C15H20ClN3O/c1-2-17-14-12(16)7-11(8-18-14)15(20)19-13(9-3-4-9)10-5-6-10/h7-10,13H,2-6H2,1H3,(H,17,18)(H,19,20). The van der Waals surface area contributed by atoms with Crippen LogP contribution in [-0.2, 0) is 0 Å². The lowest BCUT2D eigenvalue weighted by molar-refractivity contribution is 0.0926. The van der Waals surface area contributed by atoms with Gasteiger partial charge in [0.2, 0.25) is 0 Å². The van der Waals surface area contributed by atoms with Gasteiger partial charge < -0.3 is 10.6 Å². The molecule has 0 aliphatic heterocycles. The van der Waals surface area contributed by atoms with Crippen LogP contribution in [-0.4, -0.2) is 23.5 Å². The van der Waals surface area contributed by atoms with Crippen molar-refractivity contribution in [1.82, 2.24) is 10.3 Å². The molecule has 0 radical (unpaired) electrons. The Hall–Kier alpha value is -1.29. The van der Waals surface area contributed by atoms with Gasteiger partial charge in [-0.25, -0.2) is 4.98 Å². The predicted molar refractivity (Wildman–Crippen MR) is 80.1 cm³/mol. The highest BCUT2D eigenvalue weighted by Crippen LogP contribution is 2.44. The molecule has 0 spiro atoms. The summed E-state index contributed by atoms with van der Waals surface area (Å²) in [7, 11) is 0. The van der Waals surface area contributed by atoms with E-state index in [1.54, 1.807) is 12.3 Å². The summed E-state index contributed by atoms with van der Waals surface area (Å²) in [6.07, 6.45) is 6.59. The molecule has 4 nitrogen and oxygen atoms in total. The van der Waals surface area contributed by atoms with Gasteiger partial charge in [-0.2, -0.15) is 0 Å². The first kappa shape index (κ1) is 13.7. The van der Waals surface area contributed by atoms with Crippen LogP contribution in [0.15, 0.2) is 12.3 Å². The van der Waals surface area contributed by atoms with E-state index in [0.29, 0.717) is 34.3 Å². The Morgan fingerprint density at radius 2 is 2.05 bits per heavy atom. The van der Waals surface area contributed by atoms with Crippen molar-refractivity contribution in [1.29, 1.82) is 0 Å². The monoisotopic (exact) mass is 293 g/mol. The Morgan fingerprint density at radius 3 is 2.55 bits per heavy atom. The molecule has 0 unspecified atom stereocenters. The van der Waals surface area contributed by atoms with Crippen LogP contribution in [0.25, 0.3) is 0 Å². The number of pyridine rings is 1. The molecule has 2 aliphatic rings. The predicted octanol–water partition coefficient (Wildman–Crippen LogP) is 3.09. The summed E-state index contributed by atoms with van der Waals surface area (Å²) in [5.41, 5.74) is 0.544. The number of carbonyl (C=O) groups is 1. The van der Waals surface area contributed by atoms with E-state index in [1.807, 2.05) is 6.92 Å². The lowest BCUT2D eigenvalue weighted by Crippen LogP contribution is -2.38. The van der Waals surface area contributed by atoms with E-state index in [-0.39, 0.29) is 5.91 Å². The van der Waals surface area contributed by atoms with Crippen LogP contribution in [0.5, 0.6) is 0 Å². The molecule has 2 aliphatic carbocycles. The van der Waals surface area contributed by atoms with Gasteiger partial charge in [0.05, 0.1) is 10.6 Å². The topological polar surface area (TPSA) is 54.0 Å². The fraction of sp³-hybridized carbons (Fsp3) is 0.600. The number of nitrogens with zero attached hydrogens (tertiary/aromatic N) is 1. The maximum absolute atomic E-state index is 12.3. The van der Waals surface area contributed by atoms with Gasteiger partial charge in [-0.3, -0.25) is 4.79 Å². The third-order valence-corrected chi connectivity index (χ3v) is 4.29. The molecule has 20 heavy (non-hydrogen) atoms. The highest BCUT2D eigenvalue weighted by Gasteiger charge is 2.42. The lowest BCUT2D eigenvalue weighted by atomic mass is 10.1. The quantitative estimate of drug-likeness (QED) is 0.847. The Balaban J connectivity index is 1.68.